The van der Waals surface area contributed by atoms with E-state index < -0.39 is 13.7 Å². The highest BCUT2D eigenvalue weighted by Gasteiger charge is 2.37. The molecule has 140 valence electrons. The Balaban J connectivity index is 4.76. The number of ether oxygens (including phenoxy) is 1. The lowest BCUT2D eigenvalue weighted by Crippen LogP contribution is -2.41. The number of hydrogen-bond acceptors (Lipinski definition) is 3. The third-order valence-electron chi connectivity index (χ3n) is 4.43. The van der Waals surface area contributed by atoms with Crippen LogP contribution in [-0.2, 0) is 14.0 Å². The normalized spacial score (nSPS) is 13.9. The zero-order chi connectivity index (χ0) is 19.0. The Morgan fingerprint density at radius 3 is 2.17 bits per heavy atom. The zero-order valence-electron chi connectivity index (χ0n) is 17.3. The molecule has 0 aliphatic rings. The summed E-state index contributed by atoms with van der Waals surface area (Å²) >= 11 is 0. The van der Waals surface area contributed by atoms with E-state index in [9.17, 15) is 4.79 Å². The Morgan fingerprint density at radius 2 is 1.71 bits per heavy atom. The summed E-state index contributed by atoms with van der Waals surface area (Å²) in [5.41, 5.74) is -0.510. The second-order valence-corrected chi connectivity index (χ2v) is 13.8. The van der Waals surface area contributed by atoms with Gasteiger partial charge >= 0.3 is 5.97 Å². The van der Waals surface area contributed by atoms with E-state index >= 15 is 0 Å². The molecule has 0 amide bonds. The average molecular weight is 355 g/mol. The first-order valence-corrected chi connectivity index (χ1v) is 12.1. The lowest BCUT2D eigenvalue weighted by Gasteiger charge is -2.36. The minimum Gasteiger partial charge on any atom is -0.449 e. The Kier molecular flexibility index (Phi) is 9.31. The summed E-state index contributed by atoms with van der Waals surface area (Å²) in [4.78, 5) is 12.2. The molecular weight excluding hydrogens is 316 g/mol. The van der Waals surface area contributed by atoms with Gasteiger partial charge in [0.05, 0.1) is 5.41 Å². The van der Waals surface area contributed by atoms with Gasteiger partial charge in [0.15, 0.2) is 14.4 Å². The van der Waals surface area contributed by atoms with Gasteiger partial charge in [-0.15, -0.1) is 0 Å². The highest BCUT2D eigenvalue weighted by atomic mass is 28.4. The first kappa shape index (κ1) is 23.2. The van der Waals surface area contributed by atoms with Crippen LogP contribution in [0.3, 0.4) is 0 Å². The van der Waals surface area contributed by atoms with Crippen LogP contribution < -0.4 is 0 Å². The molecule has 0 N–H and O–H groups in total. The van der Waals surface area contributed by atoms with Gasteiger partial charge in [-0.05, 0) is 45.3 Å². The van der Waals surface area contributed by atoms with Crippen LogP contribution in [0.5, 0.6) is 0 Å². The van der Waals surface area contributed by atoms with Crippen molar-refractivity contribution in [1.29, 1.82) is 0 Å². The van der Waals surface area contributed by atoms with Crippen molar-refractivity contribution in [2.45, 2.75) is 98.4 Å². The highest BCUT2D eigenvalue weighted by Crippen LogP contribution is 2.36. The molecule has 0 rings (SSSR count). The minimum atomic E-state index is -1.78. The van der Waals surface area contributed by atoms with Gasteiger partial charge in [-0.1, -0.05) is 46.0 Å². The van der Waals surface area contributed by atoms with Crippen molar-refractivity contribution in [3.8, 4) is 11.8 Å². The Labute approximate surface area is 151 Å². The number of carbonyl (C=O) groups is 1. The van der Waals surface area contributed by atoms with Gasteiger partial charge in [0.1, 0.15) is 0 Å². The van der Waals surface area contributed by atoms with Gasteiger partial charge in [-0.3, -0.25) is 4.79 Å². The molecule has 3 nitrogen and oxygen atoms in total. The molecule has 1 atom stereocenters. The van der Waals surface area contributed by atoms with E-state index in [0.29, 0.717) is 13.0 Å². The van der Waals surface area contributed by atoms with E-state index in [1.54, 1.807) is 0 Å². The standard InChI is InChI=1S/C20H38O3Si/c1-10-11-12-13-14-17(23-18(21)19(2,3)4)15-16-22-24(8,9)20(5,6)7/h17H,10-12,15-16H2,1-9H3. The summed E-state index contributed by atoms with van der Waals surface area (Å²) in [6.07, 6.45) is 3.30. The van der Waals surface area contributed by atoms with Crippen molar-refractivity contribution in [1.82, 2.24) is 0 Å². The maximum Gasteiger partial charge on any atom is 0.312 e. The fourth-order valence-electron chi connectivity index (χ4n) is 1.56. The number of hydrogen-bond donors (Lipinski definition) is 0. The number of esters is 1. The smallest absolute Gasteiger partial charge is 0.312 e. The van der Waals surface area contributed by atoms with Crippen molar-refractivity contribution in [2.24, 2.45) is 5.41 Å². The van der Waals surface area contributed by atoms with Crippen LogP contribution in [0.25, 0.3) is 0 Å². The van der Waals surface area contributed by atoms with Crippen molar-refractivity contribution in [3.05, 3.63) is 0 Å². The summed E-state index contributed by atoms with van der Waals surface area (Å²) in [6.45, 7) is 19.5. The van der Waals surface area contributed by atoms with Crippen LogP contribution in [0.4, 0.5) is 0 Å². The third kappa shape index (κ3) is 8.89. The van der Waals surface area contributed by atoms with E-state index in [2.05, 4.69) is 52.6 Å². The second kappa shape index (κ2) is 9.63. The van der Waals surface area contributed by atoms with Crippen LogP contribution in [0, 0.1) is 17.3 Å². The molecule has 0 saturated carbocycles. The van der Waals surface area contributed by atoms with Crippen LogP contribution in [0.15, 0.2) is 0 Å². The molecule has 0 aromatic rings. The molecule has 0 aliphatic heterocycles. The molecular formula is C20H38O3Si. The van der Waals surface area contributed by atoms with Gasteiger partial charge in [-0.25, -0.2) is 0 Å². The van der Waals surface area contributed by atoms with E-state index in [4.69, 9.17) is 9.16 Å². The lowest BCUT2D eigenvalue weighted by atomic mass is 9.97. The van der Waals surface area contributed by atoms with Crippen LogP contribution in [-0.4, -0.2) is 27.0 Å². The van der Waals surface area contributed by atoms with Gasteiger partial charge in [-0.2, -0.15) is 0 Å². The SMILES string of the molecule is CCCCC#CC(CCO[Si](C)(C)C(C)(C)C)OC(=O)C(C)(C)C. The summed E-state index contributed by atoms with van der Waals surface area (Å²) in [7, 11) is -1.78. The topological polar surface area (TPSA) is 35.5 Å². The monoisotopic (exact) mass is 354 g/mol. The molecule has 0 aromatic carbocycles. The largest absolute Gasteiger partial charge is 0.449 e. The molecule has 0 heterocycles. The first-order valence-electron chi connectivity index (χ1n) is 9.14. The Morgan fingerprint density at radius 1 is 1.12 bits per heavy atom. The summed E-state index contributed by atoms with van der Waals surface area (Å²) < 4.78 is 11.8. The number of rotatable bonds is 7. The lowest BCUT2D eigenvalue weighted by molar-refractivity contribution is -0.156. The van der Waals surface area contributed by atoms with Gasteiger partial charge < -0.3 is 9.16 Å². The molecule has 0 radical (unpaired) electrons. The molecule has 0 bridgehead atoms. The van der Waals surface area contributed by atoms with Gasteiger partial charge in [0, 0.05) is 19.4 Å². The average Bonchev–Trinajstić information content (AvgIpc) is 2.40. The Hall–Kier alpha value is -0.793. The van der Waals surface area contributed by atoms with E-state index in [1.165, 1.54) is 0 Å². The molecule has 4 heteroatoms. The molecule has 0 aliphatic carbocycles. The summed E-state index contributed by atoms with van der Waals surface area (Å²) in [6, 6.07) is 0. The molecule has 0 saturated heterocycles. The molecule has 0 aromatic heterocycles. The van der Waals surface area contributed by atoms with Crippen LogP contribution in [0.1, 0.15) is 74.1 Å². The summed E-state index contributed by atoms with van der Waals surface area (Å²) in [5, 5.41) is 0.178. The zero-order valence-corrected chi connectivity index (χ0v) is 18.3. The quantitative estimate of drug-likeness (QED) is 0.260. The van der Waals surface area contributed by atoms with E-state index in [-0.39, 0.29) is 17.1 Å². The van der Waals surface area contributed by atoms with Crippen LogP contribution >= 0.6 is 0 Å². The fourth-order valence-corrected chi connectivity index (χ4v) is 2.62. The molecule has 0 spiro atoms. The molecule has 24 heavy (non-hydrogen) atoms. The van der Waals surface area contributed by atoms with Crippen molar-refractivity contribution in [2.75, 3.05) is 6.61 Å². The fraction of sp³-hybridized carbons (Fsp3) is 0.850. The predicted molar refractivity (Wildman–Crippen MR) is 104 cm³/mol. The number of unbranched alkanes of at least 4 members (excludes halogenated alkanes) is 2. The minimum absolute atomic E-state index is 0.178. The van der Waals surface area contributed by atoms with Crippen molar-refractivity contribution in [3.63, 3.8) is 0 Å². The van der Waals surface area contributed by atoms with E-state index in [0.717, 1.165) is 19.3 Å². The maximum absolute atomic E-state index is 12.2. The predicted octanol–water partition coefficient (Wildman–Crippen LogP) is 5.55. The van der Waals surface area contributed by atoms with Crippen LogP contribution in [0.2, 0.25) is 18.1 Å². The van der Waals surface area contributed by atoms with Crippen molar-refractivity contribution < 1.29 is 14.0 Å². The highest BCUT2D eigenvalue weighted by molar-refractivity contribution is 6.74. The Bertz CT molecular complexity index is 444. The van der Waals surface area contributed by atoms with Gasteiger partial charge in [0.25, 0.3) is 0 Å². The molecule has 0 fully saturated rings. The van der Waals surface area contributed by atoms with E-state index in [1.807, 2.05) is 20.8 Å². The van der Waals surface area contributed by atoms with Crippen molar-refractivity contribution >= 4 is 14.3 Å². The second-order valence-electron chi connectivity index (χ2n) is 8.97. The van der Waals surface area contributed by atoms with Gasteiger partial charge in [0.2, 0.25) is 0 Å². The summed E-state index contributed by atoms with van der Waals surface area (Å²) in [5.74, 6) is 6.07. The molecule has 1 unspecified atom stereocenters. The number of carbonyl (C=O) groups excluding carboxylic acids is 1. The maximum atomic E-state index is 12.2. The third-order valence-corrected chi connectivity index (χ3v) is 8.97. The first-order chi connectivity index (χ1) is 10.8.